The van der Waals surface area contributed by atoms with Crippen LogP contribution >= 0.6 is 0 Å². The Morgan fingerprint density at radius 1 is 1.31 bits per heavy atom. The Labute approximate surface area is 74.2 Å². The maximum Gasteiger partial charge on any atom is 0.251 e. The van der Waals surface area contributed by atoms with Gasteiger partial charge in [-0.3, -0.25) is 9.59 Å². The zero-order valence-electron chi connectivity index (χ0n) is 6.80. The molecule has 2 atom stereocenters. The van der Waals surface area contributed by atoms with E-state index in [2.05, 4.69) is 0 Å². The molecule has 0 aliphatic carbocycles. The molecule has 0 bridgehead atoms. The van der Waals surface area contributed by atoms with Gasteiger partial charge in [0.15, 0.2) is 6.10 Å². The van der Waals surface area contributed by atoms with Gasteiger partial charge in [-0.05, 0) is 0 Å². The van der Waals surface area contributed by atoms with E-state index in [1.807, 2.05) is 5.32 Å². The van der Waals surface area contributed by atoms with Crippen molar-refractivity contribution in [2.75, 3.05) is 13.2 Å². The SMILES string of the molecule is NC(=O)[C@H](CO)NC(=O)C(O)CO. The Hall–Kier alpha value is -1.18. The number of hydrogen-bond acceptors (Lipinski definition) is 5. The Morgan fingerprint density at radius 3 is 2.15 bits per heavy atom. The molecule has 2 amide bonds. The number of primary amides is 1. The maximum absolute atomic E-state index is 10.8. The molecule has 6 N–H and O–H groups in total. The molecule has 13 heavy (non-hydrogen) atoms. The number of nitrogens with two attached hydrogens (primary N) is 1. The number of aliphatic hydroxyl groups excluding tert-OH is 3. The molecule has 7 heteroatoms. The van der Waals surface area contributed by atoms with E-state index in [1.54, 1.807) is 0 Å². The topological polar surface area (TPSA) is 133 Å². The van der Waals surface area contributed by atoms with Crippen LogP contribution in [0.2, 0.25) is 0 Å². The molecular formula is C6H12N2O5. The highest BCUT2D eigenvalue weighted by atomic mass is 16.3. The summed E-state index contributed by atoms with van der Waals surface area (Å²) < 4.78 is 0. The maximum atomic E-state index is 10.8. The highest BCUT2D eigenvalue weighted by Crippen LogP contribution is 1.85. The molecule has 0 radical (unpaired) electrons. The van der Waals surface area contributed by atoms with Gasteiger partial charge in [0.05, 0.1) is 13.2 Å². The molecule has 0 aromatic rings. The summed E-state index contributed by atoms with van der Waals surface area (Å²) in [5.74, 6) is -1.87. The van der Waals surface area contributed by atoms with E-state index in [0.29, 0.717) is 0 Å². The van der Waals surface area contributed by atoms with Crippen molar-refractivity contribution in [1.29, 1.82) is 0 Å². The first-order valence-corrected chi connectivity index (χ1v) is 3.52. The van der Waals surface area contributed by atoms with E-state index in [1.165, 1.54) is 0 Å². The zero-order chi connectivity index (χ0) is 10.4. The summed E-state index contributed by atoms with van der Waals surface area (Å²) in [4.78, 5) is 21.3. The van der Waals surface area contributed by atoms with Crippen LogP contribution in [0.1, 0.15) is 0 Å². The van der Waals surface area contributed by atoms with Crippen LogP contribution in [-0.2, 0) is 9.59 Å². The minimum atomic E-state index is -1.62. The highest BCUT2D eigenvalue weighted by Gasteiger charge is 2.21. The van der Waals surface area contributed by atoms with Crippen LogP contribution in [0.25, 0.3) is 0 Å². The molecule has 0 saturated carbocycles. The van der Waals surface area contributed by atoms with Crippen molar-refractivity contribution >= 4 is 11.8 Å². The van der Waals surface area contributed by atoms with Crippen molar-refractivity contribution in [1.82, 2.24) is 5.32 Å². The second-order valence-electron chi connectivity index (χ2n) is 2.34. The Balaban J connectivity index is 4.09. The van der Waals surface area contributed by atoms with Gasteiger partial charge < -0.3 is 26.4 Å². The van der Waals surface area contributed by atoms with Gasteiger partial charge >= 0.3 is 0 Å². The van der Waals surface area contributed by atoms with Crippen LogP contribution in [0.4, 0.5) is 0 Å². The number of carbonyl (C=O) groups excluding carboxylic acids is 2. The van der Waals surface area contributed by atoms with Gasteiger partial charge in [0.25, 0.3) is 5.91 Å². The first kappa shape index (κ1) is 11.8. The summed E-state index contributed by atoms with van der Waals surface area (Å²) in [6.07, 6.45) is -1.62. The van der Waals surface area contributed by atoms with Crippen LogP contribution < -0.4 is 11.1 Å². The van der Waals surface area contributed by atoms with Gasteiger partial charge in [-0.25, -0.2) is 0 Å². The lowest BCUT2D eigenvalue weighted by atomic mass is 10.2. The van der Waals surface area contributed by atoms with Crippen LogP contribution in [0.3, 0.4) is 0 Å². The van der Waals surface area contributed by atoms with E-state index in [0.717, 1.165) is 0 Å². The summed E-state index contributed by atoms with van der Waals surface area (Å²) in [5, 5.41) is 27.6. The lowest BCUT2D eigenvalue weighted by Gasteiger charge is -2.14. The second-order valence-corrected chi connectivity index (χ2v) is 2.34. The highest BCUT2D eigenvalue weighted by molar-refractivity contribution is 5.88. The van der Waals surface area contributed by atoms with Gasteiger partial charge in [-0.2, -0.15) is 0 Å². The molecular weight excluding hydrogens is 180 g/mol. The molecule has 0 aromatic carbocycles. The average Bonchev–Trinajstić information content (AvgIpc) is 2.11. The summed E-state index contributed by atoms with van der Waals surface area (Å²) >= 11 is 0. The number of carbonyl (C=O) groups is 2. The molecule has 0 rings (SSSR count). The third-order valence-electron chi connectivity index (χ3n) is 1.32. The lowest BCUT2D eigenvalue weighted by molar-refractivity contribution is -0.135. The largest absolute Gasteiger partial charge is 0.394 e. The summed E-state index contributed by atoms with van der Waals surface area (Å²) in [7, 11) is 0. The molecule has 0 heterocycles. The van der Waals surface area contributed by atoms with Crippen molar-refractivity contribution in [2.45, 2.75) is 12.1 Å². The fourth-order valence-corrected chi connectivity index (χ4v) is 0.558. The second kappa shape index (κ2) is 5.46. The molecule has 0 aliphatic heterocycles. The van der Waals surface area contributed by atoms with E-state index in [4.69, 9.17) is 21.1 Å². The Bertz CT molecular complexity index is 195. The molecule has 76 valence electrons. The van der Waals surface area contributed by atoms with Crippen LogP contribution in [0.15, 0.2) is 0 Å². The Morgan fingerprint density at radius 2 is 1.85 bits per heavy atom. The number of aliphatic hydroxyl groups is 3. The summed E-state index contributed by atoms with van der Waals surface area (Å²) in [6, 6.07) is -1.24. The van der Waals surface area contributed by atoms with E-state index in [-0.39, 0.29) is 0 Å². The van der Waals surface area contributed by atoms with Crippen molar-refractivity contribution in [3.05, 3.63) is 0 Å². The molecule has 0 saturated heterocycles. The van der Waals surface area contributed by atoms with E-state index in [9.17, 15) is 9.59 Å². The molecule has 0 spiro atoms. The first-order valence-electron chi connectivity index (χ1n) is 3.52. The summed E-state index contributed by atoms with van der Waals surface area (Å²) in [6.45, 7) is -1.41. The fraction of sp³-hybridized carbons (Fsp3) is 0.667. The molecule has 0 aromatic heterocycles. The van der Waals surface area contributed by atoms with Crippen molar-refractivity contribution in [3.8, 4) is 0 Å². The number of amides is 2. The Kier molecular flexibility index (Phi) is 4.97. The quantitative estimate of drug-likeness (QED) is 0.306. The number of rotatable bonds is 5. The van der Waals surface area contributed by atoms with Crippen LogP contribution in [-0.4, -0.2) is 52.5 Å². The third-order valence-corrected chi connectivity index (χ3v) is 1.32. The third kappa shape index (κ3) is 3.83. The molecule has 0 fully saturated rings. The minimum absolute atomic E-state index is 0.654. The standard InChI is InChI=1S/C6H12N2O5/c7-5(12)3(1-9)8-6(13)4(11)2-10/h3-4,9-11H,1-2H2,(H2,7,12)(H,8,13)/t3-,4?/m0/s1. The lowest BCUT2D eigenvalue weighted by Crippen LogP contribution is -2.50. The van der Waals surface area contributed by atoms with Crippen molar-refractivity contribution < 1.29 is 24.9 Å². The van der Waals surface area contributed by atoms with E-state index >= 15 is 0 Å². The van der Waals surface area contributed by atoms with Gasteiger partial charge in [-0.1, -0.05) is 0 Å². The summed E-state index contributed by atoms with van der Waals surface area (Å²) in [5.41, 5.74) is 4.78. The predicted octanol–water partition coefficient (Wildman–Crippen LogP) is -3.70. The monoisotopic (exact) mass is 192 g/mol. The smallest absolute Gasteiger partial charge is 0.251 e. The fourth-order valence-electron chi connectivity index (χ4n) is 0.558. The minimum Gasteiger partial charge on any atom is -0.394 e. The predicted molar refractivity (Wildman–Crippen MR) is 41.3 cm³/mol. The van der Waals surface area contributed by atoms with Gasteiger partial charge in [0, 0.05) is 0 Å². The molecule has 7 nitrogen and oxygen atoms in total. The van der Waals surface area contributed by atoms with Crippen molar-refractivity contribution in [2.24, 2.45) is 5.73 Å². The van der Waals surface area contributed by atoms with Gasteiger partial charge in [0.2, 0.25) is 5.91 Å². The number of hydrogen-bond donors (Lipinski definition) is 5. The first-order chi connectivity index (χ1) is 6.02. The van der Waals surface area contributed by atoms with Crippen LogP contribution in [0.5, 0.6) is 0 Å². The molecule has 0 aliphatic rings. The van der Waals surface area contributed by atoms with Crippen LogP contribution in [0, 0.1) is 0 Å². The van der Waals surface area contributed by atoms with Crippen molar-refractivity contribution in [3.63, 3.8) is 0 Å². The molecule has 1 unspecified atom stereocenters. The number of nitrogens with one attached hydrogen (secondary N) is 1. The zero-order valence-corrected chi connectivity index (χ0v) is 6.80. The average molecular weight is 192 g/mol. The van der Waals surface area contributed by atoms with Gasteiger partial charge in [-0.15, -0.1) is 0 Å². The van der Waals surface area contributed by atoms with E-state index < -0.39 is 37.2 Å². The normalized spacial score (nSPS) is 14.7. The van der Waals surface area contributed by atoms with Gasteiger partial charge in [0.1, 0.15) is 6.04 Å².